The molecular weight excluding hydrogens is 466 g/mol. The fourth-order valence-electron chi connectivity index (χ4n) is 3.35. The second-order valence-corrected chi connectivity index (χ2v) is 8.57. The smallest absolute Gasteiger partial charge is 0.293 e. The van der Waals surface area contributed by atoms with Crippen molar-refractivity contribution in [2.45, 2.75) is 6.54 Å². The van der Waals surface area contributed by atoms with Crippen molar-refractivity contribution >= 4 is 52.1 Å². The molecule has 0 saturated carbocycles. The van der Waals surface area contributed by atoms with Crippen LogP contribution < -0.4 is 0 Å². The number of ketones is 1. The van der Waals surface area contributed by atoms with Crippen LogP contribution in [0.5, 0.6) is 0 Å². The number of thioether (sulfide) groups is 1. The minimum Gasteiger partial charge on any atom is -0.343 e. The van der Waals surface area contributed by atoms with Crippen molar-refractivity contribution in [1.29, 1.82) is 0 Å². The number of para-hydroxylation sites is 1. The highest BCUT2D eigenvalue weighted by atomic mass is 35.5. The van der Waals surface area contributed by atoms with Crippen LogP contribution in [0.25, 0.3) is 6.08 Å². The number of hydrogen-bond acceptors (Lipinski definition) is 6. The minimum absolute atomic E-state index is 0.00168. The lowest BCUT2D eigenvalue weighted by atomic mass is 10.1. The number of carbonyl (C=O) groups is 3. The molecule has 0 radical (unpaired) electrons. The van der Waals surface area contributed by atoms with Gasteiger partial charge >= 0.3 is 0 Å². The third kappa shape index (κ3) is 4.89. The number of imide groups is 1. The van der Waals surface area contributed by atoms with Crippen LogP contribution in [-0.4, -0.2) is 37.9 Å². The molecule has 2 amide bonds. The van der Waals surface area contributed by atoms with E-state index in [1.807, 2.05) is 0 Å². The van der Waals surface area contributed by atoms with Crippen molar-refractivity contribution < 1.29 is 19.3 Å². The van der Waals surface area contributed by atoms with Crippen molar-refractivity contribution in [3.63, 3.8) is 0 Å². The molecule has 0 atom stereocenters. The van der Waals surface area contributed by atoms with Crippen molar-refractivity contribution in [1.82, 2.24) is 9.47 Å². The van der Waals surface area contributed by atoms with Gasteiger partial charge < -0.3 is 4.57 Å². The first-order valence-corrected chi connectivity index (χ1v) is 10.9. The maximum atomic E-state index is 12.8. The lowest BCUT2D eigenvalue weighted by Crippen LogP contribution is -2.33. The van der Waals surface area contributed by atoms with E-state index >= 15 is 0 Å². The number of nitro benzene ring substituents is 1. The summed E-state index contributed by atoms with van der Waals surface area (Å²) in [6, 6.07) is 16.1. The molecule has 0 N–H and O–H groups in total. The molecule has 33 heavy (non-hydrogen) atoms. The van der Waals surface area contributed by atoms with E-state index in [0.29, 0.717) is 21.8 Å². The standard InChI is InChI=1S/C23H16ClN3O5S/c24-17-9-7-15(8-10-17)20(28)14-26-22(29)21(33-23(26)30)12-18-5-3-11-25(18)13-16-4-1-2-6-19(16)27(31)32/h1-12H,13-14H2/b21-12+. The number of aromatic nitrogens is 1. The van der Waals surface area contributed by atoms with Crippen molar-refractivity contribution in [3.05, 3.63) is 104 Å². The summed E-state index contributed by atoms with van der Waals surface area (Å²) < 4.78 is 1.75. The second kappa shape index (κ2) is 9.43. The zero-order valence-corrected chi connectivity index (χ0v) is 18.6. The second-order valence-electron chi connectivity index (χ2n) is 7.14. The zero-order valence-electron chi connectivity index (χ0n) is 17.0. The van der Waals surface area contributed by atoms with E-state index in [-0.39, 0.29) is 29.5 Å². The first-order chi connectivity index (χ1) is 15.8. The largest absolute Gasteiger partial charge is 0.343 e. The van der Waals surface area contributed by atoms with Gasteiger partial charge in [-0.2, -0.15) is 0 Å². The van der Waals surface area contributed by atoms with Gasteiger partial charge in [0.25, 0.3) is 16.8 Å². The fraction of sp³-hybridized carbons (Fsp3) is 0.0870. The number of nitro groups is 1. The summed E-state index contributed by atoms with van der Waals surface area (Å²) >= 11 is 6.58. The number of nitrogens with zero attached hydrogens (tertiary/aromatic N) is 3. The van der Waals surface area contributed by atoms with Crippen LogP contribution in [0.4, 0.5) is 10.5 Å². The molecule has 10 heteroatoms. The summed E-state index contributed by atoms with van der Waals surface area (Å²) in [4.78, 5) is 49.7. The molecule has 1 aliphatic rings. The van der Waals surface area contributed by atoms with Gasteiger partial charge in [-0.1, -0.05) is 29.8 Å². The van der Waals surface area contributed by atoms with Crippen LogP contribution in [0.1, 0.15) is 21.6 Å². The molecule has 166 valence electrons. The average Bonchev–Trinajstić information content (AvgIpc) is 3.33. The summed E-state index contributed by atoms with van der Waals surface area (Å²) in [6.45, 7) is -0.157. The summed E-state index contributed by atoms with van der Waals surface area (Å²) in [5.41, 5.74) is 1.46. The number of halogens is 1. The SMILES string of the molecule is O=C(CN1C(=O)S/C(=C/c2cccn2Cc2ccccc2[N+](=O)[O-])C1=O)c1ccc(Cl)cc1. The fourth-order valence-corrected chi connectivity index (χ4v) is 4.30. The molecule has 8 nitrogen and oxygen atoms in total. The summed E-state index contributed by atoms with van der Waals surface area (Å²) in [5.74, 6) is -0.944. The Morgan fingerprint density at radius 2 is 1.79 bits per heavy atom. The Morgan fingerprint density at radius 3 is 2.52 bits per heavy atom. The van der Waals surface area contributed by atoms with Gasteiger partial charge in [-0.3, -0.25) is 29.4 Å². The molecule has 0 unspecified atom stereocenters. The third-order valence-electron chi connectivity index (χ3n) is 5.01. The highest BCUT2D eigenvalue weighted by Gasteiger charge is 2.36. The van der Waals surface area contributed by atoms with E-state index in [1.54, 1.807) is 59.3 Å². The number of hydrogen-bond donors (Lipinski definition) is 0. The maximum Gasteiger partial charge on any atom is 0.293 e. The molecule has 0 aliphatic carbocycles. The Bertz CT molecular complexity index is 1300. The Morgan fingerprint density at radius 1 is 1.06 bits per heavy atom. The number of benzene rings is 2. The van der Waals surface area contributed by atoms with Crippen LogP contribution >= 0.6 is 23.4 Å². The van der Waals surface area contributed by atoms with Crippen molar-refractivity contribution in [2.24, 2.45) is 0 Å². The minimum atomic E-state index is -0.564. The van der Waals surface area contributed by atoms with Gasteiger partial charge in [0.1, 0.15) is 0 Å². The van der Waals surface area contributed by atoms with Crippen molar-refractivity contribution in [3.8, 4) is 0 Å². The summed E-state index contributed by atoms with van der Waals surface area (Å²) in [7, 11) is 0. The topological polar surface area (TPSA) is 103 Å². The molecular formula is C23H16ClN3O5S. The summed E-state index contributed by atoms with van der Waals surface area (Å²) in [6.07, 6.45) is 3.28. The molecule has 1 saturated heterocycles. The van der Waals surface area contributed by atoms with Gasteiger partial charge in [-0.25, -0.2) is 0 Å². The van der Waals surface area contributed by atoms with E-state index in [1.165, 1.54) is 18.2 Å². The molecule has 0 spiro atoms. The third-order valence-corrected chi connectivity index (χ3v) is 6.17. The van der Waals surface area contributed by atoms with Crippen LogP contribution in [-0.2, 0) is 11.3 Å². The van der Waals surface area contributed by atoms with Gasteiger partial charge in [0, 0.05) is 34.1 Å². The number of Topliss-reactive ketones (excluding diaryl/α,β-unsaturated/α-hetero) is 1. The predicted molar refractivity (Wildman–Crippen MR) is 125 cm³/mol. The Kier molecular flexibility index (Phi) is 6.43. The van der Waals surface area contributed by atoms with E-state index in [2.05, 4.69) is 0 Å². The van der Waals surface area contributed by atoms with Gasteiger partial charge in [0.05, 0.1) is 22.9 Å². The highest BCUT2D eigenvalue weighted by Crippen LogP contribution is 2.32. The Hall–Kier alpha value is -3.69. The Balaban J connectivity index is 1.53. The predicted octanol–water partition coefficient (Wildman–Crippen LogP) is 5.02. The van der Waals surface area contributed by atoms with Gasteiger partial charge in [-0.15, -0.1) is 0 Å². The molecule has 3 aromatic rings. The van der Waals surface area contributed by atoms with E-state index in [9.17, 15) is 24.5 Å². The molecule has 4 rings (SSSR count). The first kappa shape index (κ1) is 22.5. The molecule has 1 fully saturated rings. The monoisotopic (exact) mass is 481 g/mol. The first-order valence-electron chi connectivity index (χ1n) is 9.75. The quantitative estimate of drug-likeness (QED) is 0.203. The van der Waals surface area contributed by atoms with Gasteiger partial charge in [-0.05, 0) is 54.2 Å². The number of amides is 2. The lowest BCUT2D eigenvalue weighted by Gasteiger charge is -2.11. The summed E-state index contributed by atoms with van der Waals surface area (Å²) in [5, 5.41) is 11.2. The zero-order chi connectivity index (χ0) is 23.5. The maximum absolute atomic E-state index is 12.8. The number of rotatable bonds is 7. The van der Waals surface area contributed by atoms with Crippen LogP contribution in [0, 0.1) is 10.1 Å². The highest BCUT2D eigenvalue weighted by molar-refractivity contribution is 8.18. The van der Waals surface area contributed by atoms with E-state index in [0.717, 1.165) is 16.7 Å². The van der Waals surface area contributed by atoms with Crippen molar-refractivity contribution in [2.75, 3.05) is 6.54 Å². The molecule has 2 heterocycles. The lowest BCUT2D eigenvalue weighted by molar-refractivity contribution is -0.385. The normalized spacial score (nSPS) is 14.8. The molecule has 2 aromatic carbocycles. The van der Waals surface area contributed by atoms with Crippen LogP contribution in [0.15, 0.2) is 71.8 Å². The molecule has 0 bridgehead atoms. The van der Waals surface area contributed by atoms with Crippen LogP contribution in [0.2, 0.25) is 5.02 Å². The number of carbonyl (C=O) groups excluding carboxylic acids is 3. The van der Waals surface area contributed by atoms with E-state index in [4.69, 9.17) is 11.6 Å². The Labute approximate surface area is 197 Å². The average molecular weight is 482 g/mol. The molecule has 1 aromatic heterocycles. The van der Waals surface area contributed by atoms with Crippen LogP contribution in [0.3, 0.4) is 0 Å². The van der Waals surface area contributed by atoms with E-state index < -0.39 is 16.1 Å². The molecule has 1 aliphatic heterocycles. The van der Waals surface area contributed by atoms with Gasteiger partial charge in [0.2, 0.25) is 0 Å². The van der Waals surface area contributed by atoms with Gasteiger partial charge in [0.15, 0.2) is 5.78 Å².